The lowest BCUT2D eigenvalue weighted by atomic mass is 10.1. The first kappa shape index (κ1) is 21.0. The molecule has 0 fully saturated rings. The Balaban J connectivity index is 2.02. The van der Waals surface area contributed by atoms with Crippen LogP contribution >= 0.6 is 0 Å². The average Bonchev–Trinajstić information content (AvgIpc) is 2.61. The zero-order valence-corrected chi connectivity index (χ0v) is 13.7. The molecule has 2 aromatic carbocycles. The average molecular weight is 407 g/mol. The van der Waals surface area contributed by atoms with E-state index in [0.717, 1.165) is 12.1 Å². The molecule has 0 bridgehead atoms. The van der Waals surface area contributed by atoms with E-state index in [2.05, 4.69) is 5.32 Å². The number of halogens is 6. The molecule has 0 spiro atoms. The Morgan fingerprint density at radius 2 is 1.68 bits per heavy atom. The number of carbonyl (C=O) groups excluding carboxylic acids is 1. The highest BCUT2D eigenvalue weighted by Gasteiger charge is 2.33. The van der Waals surface area contributed by atoms with E-state index in [9.17, 15) is 41.3 Å². The molecule has 0 aliphatic rings. The van der Waals surface area contributed by atoms with Crippen LogP contribution in [0.5, 0.6) is 0 Å². The predicted molar refractivity (Wildman–Crippen MR) is 86.2 cm³/mol. The second-order valence-corrected chi connectivity index (χ2v) is 5.43. The van der Waals surface area contributed by atoms with Gasteiger partial charge in [0.15, 0.2) is 17.5 Å². The van der Waals surface area contributed by atoms with Gasteiger partial charge in [0.25, 0.3) is 5.69 Å². The van der Waals surface area contributed by atoms with Crippen LogP contribution in [-0.4, -0.2) is 17.4 Å². The Morgan fingerprint density at radius 3 is 2.29 bits per heavy atom. The van der Waals surface area contributed by atoms with Gasteiger partial charge in [-0.1, -0.05) is 0 Å². The van der Waals surface area contributed by atoms with Gasteiger partial charge in [-0.15, -0.1) is 0 Å². The molecule has 150 valence electrons. The maximum atomic E-state index is 13.5. The van der Waals surface area contributed by atoms with E-state index in [-0.39, 0.29) is 12.2 Å². The third-order valence-electron chi connectivity index (χ3n) is 3.50. The Kier molecular flexibility index (Phi) is 6.11. The first-order chi connectivity index (χ1) is 13.0. The number of nitrogens with zero attached hydrogens (tertiary/aromatic N) is 1. The number of rotatable bonds is 6. The molecule has 0 saturated heterocycles. The maximum Gasteiger partial charge on any atom is 0.416 e. The van der Waals surface area contributed by atoms with Crippen molar-refractivity contribution in [1.82, 2.24) is 0 Å². The highest BCUT2D eigenvalue weighted by molar-refractivity contribution is 5.91. The topological polar surface area (TPSA) is 84.3 Å². The minimum Gasteiger partial charge on any atom is -0.379 e. The zero-order valence-electron chi connectivity index (χ0n) is 13.7. The fourth-order valence-corrected chi connectivity index (χ4v) is 2.15. The number of amides is 1. The Bertz CT molecular complexity index is 917. The zero-order chi connectivity index (χ0) is 21.1. The van der Waals surface area contributed by atoms with Crippen LogP contribution < -0.4 is 10.6 Å². The molecule has 2 N–H and O–H groups in total. The van der Waals surface area contributed by atoms with Crippen molar-refractivity contribution in [3.63, 3.8) is 0 Å². The van der Waals surface area contributed by atoms with Gasteiger partial charge >= 0.3 is 6.18 Å². The second kappa shape index (κ2) is 8.15. The molecule has 0 radical (unpaired) electrons. The summed E-state index contributed by atoms with van der Waals surface area (Å²) in [4.78, 5) is 21.7. The maximum absolute atomic E-state index is 13.5. The lowest BCUT2D eigenvalue weighted by Gasteiger charge is -2.11. The summed E-state index contributed by atoms with van der Waals surface area (Å²) in [6.45, 7) is -0.261. The summed E-state index contributed by atoms with van der Waals surface area (Å²) in [5, 5.41) is 15.4. The first-order valence-electron chi connectivity index (χ1n) is 7.53. The molecule has 28 heavy (non-hydrogen) atoms. The number of hydrogen-bond donors (Lipinski definition) is 2. The summed E-state index contributed by atoms with van der Waals surface area (Å²) in [5.41, 5.74) is -2.92. The minimum absolute atomic E-state index is 0.259. The van der Waals surface area contributed by atoms with E-state index in [0.29, 0.717) is 18.2 Å². The quantitative estimate of drug-likeness (QED) is 0.320. The number of anilines is 2. The van der Waals surface area contributed by atoms with E-state index in [1.54, 1.807) is 0 Å². The number of benzene rings is 2. The van der Waals surface area contributed by atoms with Crippen molar-refractivity contribution in [1.29, 1.82) is 0 Å². The van der Waals surface area contributed by atoms with Crippen LogP contribution in [0.15, 0.2) is 30.3 Å². The van der Waals surface area contributed by atoms with Crippen LogP contribution in [-0.2, 0) is 11.0 Å². The van der Waals surface area contributed by atoms with E-state index < -0.39 is 57.8 Å². The molecule has 2 rings (SSSR count). The van der Waals surface area contributed by atoms with Crippen LogP contribution in [0.4, 0.5) is 43.4 Å². The number of nitrogens with one attached hydrogen (secondary N) is 2. The Hall–Kier alpha value is -3.31. The van der Waals surface area contributed by atoms with Gasteiger partial charge in [-0.2, -0.15) is 13.2 Å². The van der Waals surface area contributed by atoms with E-state index in [1.165, 1.54) is 0 Å². The third-order valence-corrected chi connectivity index (χ3v) is 3.50. The van der Waals surface area contributed by atoms with Crippen molar-refractivity contribution in [2.24, 2.45) is 0 Å². The Labute approximate surface area is 153 Å². The van der Waals surface area contributed by atoms with Gasteiger partial charge in [-0.25, -0.2) is 13.2 Å². The molecule has 0 unspecified atom stereocenters. The minimum atomic E-state index is -4.77. The van der Waals surface area contributed by atoms with Crippen molar-refractivity contribution < 1.29 is 36.1 Å². The number of alkyl halides is 3. The molecule has 6 nitrogen and oxygen atoms in total. The van der Waals surface area contributed by atoms with Crippen LogP contribution in [0.25, 0.3) is 0 Å². The summed E-state index contributed by atoms with van der Waals surface area (Å²) in [6.07, 6.45) is -5.16. The van der Waals surface area contributed by atoms with Crippen LogP contribution in [0.3, 0.4) is 0 Å². The molecular weight excluding hydrogens is 396 g/mol. The van der Waals surface area contributed by atoms with Gasteiger partial charge in [0.1, 0.15) is 5.69 Å². The van der Waals surface area contributed by atoms with Crippen LogP contribution in [0, 0.1) is 27.6 Å². The normalized spacial score (nSPS) is 11.2. The van der Waals surface area contributed by atoms with Gasteiger partial charge < -0.3 is 10.6 Å². The summed E-state index contributed by atoms with van der Waals surface area (Å²) in [5.74, 6) is -5.64. The smallest absolute Gasteiger partial charge is 0.379 e. The van der Waals surface area contributed by atoms with Gasteiger partial charge in [0.05, 0.1) is 16.2 Å². The highest BCUT2D eigenvalue weighted by atomic mass is 19.4. The third kappa shape index (κ3) is 4.90. The van der Waals surface area contributed by atoms with Crippen molar-refractivity contribution in [2.75, 3.05) is 17.2 Å². The molecule has 1 amide bonds. The Morgan fingerprint density at radius 1 is 1.04 bits per heavy atom. The standard InChI is InChI=1S/C16H11F6N3O3/c17-9-2-4-11(15(19)14(9)18)24-13(26)5-6-23-10-3-1-8(16(20,21)22)7-12(10)25(27)28/h1-4,7,23H,5-6H2,(H,24,26). The summed E-state index contributed by atoms with van der Waals surface area (Å²) in [7, 11) is 0. The SMILES string of the molecule is O=C(CCNc1ccc(C(F)(F)F)cc1[N+](=O)[O-])Nc1ccc(F)c(F)c1F. The number of nitro groups is 1. The van der Waals surface area contributed by atoms with Gasteiger partial charge in [0, 0.05) is 19.0 Å². The van der Waals surface area contributed by atoms with Crippen molar-refractivity contribution >= 4 is 23.0 Å². The predicted octanol–water partition coefficient (Wildman–Crippen LogP) is 4.47. The fraction of sp³-hybridized carbons (Fsp3) is 0.188. The van der Waals surface area contributed by atoms with E-state index in [4.69, 9.17) is 0 Å². The first-order valence-corrected chi connectivity index (χ1v) is 7.53. The fourth-order valence-electron chi connectivity index (χ4n) is 2.15. The van der Waals surface area contributed by atoms with Crippen LogP contribution in [0.2, 0.25) is 0 Å². The number of carbonyl (C=O) groups is 1. The largest absolute Gasteiger partial charge is 0.416 e. The molecule has 0 aliphatic carbocycles. The molecule has 0 saturated carbocycles. The van der Waals surface area contributed by atoms with E-state index >= 15 is 0 Å². The van der Waals surface area contributed by atoms with Crippen molar-refractivity contribution in [3.8, 4) is 0 Å². The summed E-state index contributed by atoms with van der Waals surface area (Å²) >= 11 is 0. The van der Waals surface area contributed by atoms with Crippen molar-refractivity contribution in [3.05, 3.63) is 63.5 Å². The van der Waals surface area contributed by atoms with Gasteiger partial charge in [-0.3, -0.25) is 14.9 Å². The molecule has 0 aromatic heterocycles. The van der Waals surface area contributed by atoms with Gasteiger partial charge in [-0.05, 0) is 24.3 Å². The number of nitro benzene ring substituents is 1. The molecule has 2 aromatic rings. The van der Waals surface area contributed by atoms with Crippen molar-refractivity contribution in [2.45, 2.75) is 12.6 Å². The molecule has 0 atom stereocenters. The summed E-state index contributed by atoms with van der Waals surface area (Å²) in [6, 6.07) is 3.23. The van der Waals surface area contributed by atoms with E-state index in [1.807, 2.05) is 5.32 Å². The molecule has 0 heterocycles. The second-order valence-electron chi connectivity index (χ2n) is 5.43. The molecular formula is C16H11F6N3O3. The number of hydrogen-bond acceptors (Lipinski definition) is 4. The molecule has 12 heteroatoms. The lowest BCUT2D eigenvalue weighted by Crippen LogP contribution is -2.18. The molecule has 0 aliphatic heterocycles. The van der Waals surface area contributed by atoms with Gasteiger partial charge in [0.2, 0.25) is 5.91 Å². The highest BCUT2D eigenvalue weighted by Crippen LogP contribution is 2.34. The lowest BCUT2D eigenvalue weighted by molar-refractivity contribution is -0.384. The monoisotopic (exact) mass is 407 g/mol. The summed E-state index contributed by atoms with van der Waals surface area (Å²) < 4.78 is 77.3. The van der Waals surface area contributed by atoms with Crippen LogP contribution in [0.1, 0.15) is 12.0 Å².